The highest BCUT2D eigenvalue weighted by molar-refractivity contribution is 5.78. The number of carbonyl (C=O) groups excluding carboxylic acids is 1. The quantitative estimate of drug-likeness (QED) is 0.879. The number of ether oxygens (including phenoxy) is 1. The molecule has 1 saturated heterocycles. The van der Waals surface area contributed by atoms with E-state index in [1.54, 1.807) is 0 Å². The predicted molar refractivity (Wildman–Crippen MR) is 104 cm³/mol. The van der Waals surface area contributed by atoms with Crippen LogP contribution in [-0.2, 0) is 16.0 Å². The number of nitrogens with one attached hydrogen (secondary N) is 1. The Morgan fingerprint density at radius 3 is 2.77 bits per heavy atom. The van der Waals surface area contributed by atoms with Crippen molar-refractivity contribution in [1.29, 1.82) is 0 Å². The number of hydrogen-bond donors (Lipinski definition) is 1. The first kappa shape index (κ1) is 17.8. The normalized spacial score (nSPS) is 22.4. The van der Waals surface area contributed by atoms with Gasteiger partial charge in [0.25, 0.3) is 0 Å². The summed E-state index contributed by atoms with van der Waals surface area (Å²) >= 11 is 0. The molecule has 4 rings (SSSR count). The average Bonchev–Trinajstić information content (AvgIpc) is 3.33. The predicted octanol–water partition coefficient (Wildman–Crippen LogP) is 2.36. The van der Waals surface area contributed by atoms with E-state index in [4.69, 9.17) is 4.74 Å². The number of anilines is 1. The Labute approximate surface area is 156 Å². The topological polar surface area (TPSA) is 44.8 Å². The number of rotatable bonds is 5. The number of likely N-dealkylation sites (N-methyl/N-ethyl adjacent to an activating group) is 1. The first-order chi connectivity index (χ1) is 12.7. The minimum atomic E-state index is 0.231. The van der Waals surface area contributed by atoms with Crippen molar-refractivity contribution in [3.05, 3.63) is 29.3 Å². The summed E-state index contributed by atoms with van der Waals surface area (Å²) in [5.74, 6) is 0.482. The fraction of sp³-hybridized carbons (Fsp3) is 0.667. The lowest BCUT2D eigenvalue weighted by atomic mass is 10.00. The second-order valence-corrected chi connectivity index (χ2v) is 7.95. The van der Waals surface area contributed by atoms with Crippen molar-refractivity contribution in [1.82, 2.24) is 10.2 Å². The van der Waals surface area contributed by atoms with Gasteiger partial charge in [-0.2, -0.15) is 0 Å². The molecule has 2 aliphatic heterocycles. The Morgan fingerprint density at radius 2 is 2.00 bits per heavy atom. The van der Waals surface area contributed by atoms with Crippen molar-refractivity contribution in [2.75, 3.05) is 51.3 Å². The molecule has 1 atom stereocenters. The van der Waals surface area contributed by atoms with Gasteiger partial charge in [-0.05, 0) is 36.5 Å². The van der Waals surface area contributed by atoms with Gasteiger partial charge < -0.3 is 15.0 Å². The van der Waals surface area contributed by atoms with E-state index in [9.17, 15) is 4.79 Å². The Kier molecular flexibility index (Phi) is 5.46. The maximum absolute atomic E-state index is 12.5. The van der Waals surface area contributed by atoms with Gasteiger partial charge in [-0.3, -0.25) is 9.69 Å². The maximum Gasteiger partial charge on any atom is 0.223 e. The van der Waals surface area contributed by atoms with Gasteiger partial charge in [-0.1, -0.05) is 25.0 Å². The van der Waals surface area contributed by atoms with E-state index in [0.717, 1.165) is 52.1 Å². The lowest BCUT2D eigenvalue weighted by molar-refractivity contribution is -0.125. The summed E-state index contributed by atoms with van der Waals surface area (Å²) in [7, 11) is 2.16. The second kappa shape index (κ2) is 7.97. The van der Waals surface area contributed by atoms with E-state index < -0.39 is 0 Å². The Bertz CT molecular complexity index is 636. The molecule has 0 unspecified atom stereocenters. The van der Waals surface area contributed by atoms with Gasteiger partial charge in [0.15, 0.2) is 0 Å². The lowest BCUT2D eigenvalue weighted by Gasteiger charge is -2.35. The molecule has 1 aliphatic carbocycles. The standard InChI is InChI=1S/C21H31N3O2/c1-23-9-8-18-14-17(6-7-19(18)23)20(24-10-12-26-13-11-24)15-22-21(25)16-4-2-3-5-16/h6-7,14,16,20H,2-5,8-13,15H2,1H3,(H,22,25)/t20-/m0/s1. The molecule has 1 N–H and O–H groups in total. The summed E-state index contributed by atoms with van der Waals surface area (Å²) in [4.78, 5) is 17.3. The number of morpholine rings is 1. The first-order valence-electron chi connectivity index (χ1n) is 10.2. The molecule has 5 nitrogen and oxygen atoms in total. The van der Waals surface area contributed by atoms with Crippen molar-refractivity contribution in [2.45, 2.75) is 38.1 Å². The van der Waals surface area contributed by atoms with Crippen LogP contribution in [0.1, 0.15) is 42.9 Å². The minimum absolute atomic E-state index is 0.231. The summed E-state index contributed by atoms with van der Waals surface area (Å²) in [6, 6.07) is 7.10. The van der Waals surface area contributed by atoms with E-state index in [1.165, 1.54) is 29.7 Å². The van der Waals surface area contributed by atoms with Gasteiger partial charge in [0, 0.05) is 44.8 Å². The molecule has 26 heavy (non-hydrogen) atoms. The van der Waals surface area contributed by atoms with Gasteiger partial charge in [0.1, 0.15) is 0 Å². The third-order valence-electron chi connectivity index (χ3n) is 6.30. The molecule has 0 aromatic heterocycles. The largest absolute Gasteiger partial charge is 0.379 e. The van der Waals surface area contributed by atoms with Gasteiger partial charge >= 0.3 is 0 Å². The average molecular weight is 357 g/mol. The lowest BCUT2D eigenvalue weighted by Crippen LogP contribution is -2.44. The Balaban J connectivity index is 1.50. The zero-order chi connectivity index (χ0) is 17.9. The van der Waals surface area contributed by atoms with Crippen molar-refractivity contribution < 1.29 is 9.53 Å². The van der Waals surface area contributed by atoms with Crippen LogP contribution in [0.5, 0.6) is 0 Å². The summed E-state index contributed by atoms with van der Waals surface area (Å²) in [6.45, 7) is 5.22. The van der Waals surface area contributed by atoms with Crippen molar-refractivity contribution in [3.8, 4) is 0 Å². The first-order valence-corrected chi connectivity index (χ1v) is 10.2. The smallest absolute Gasteiger partial charge is 0.223 e. The molecule has 1 aromatic carbocycles. The van der Waals surface area contributed by atoms with Crippen LogP contribution in [0.2, 0.25) is 0 Å². The highest BCUT2D eigenvalue weighted by Gasteiger charge is 2.27. The van der Waals surface area contributed by atoms with Crippen molar-refractivity contribution in [2.24, 2.45) is 5.92 Å². The van der Waals surface area contributed by atoms with E-state index in [1.807, 2.05) is 0 Å². The fourth-order valence-electron chi connectivity index (χ4n) is 4.67. The molecule has 1 amide bonds. The number of amides is 1. The van der Waals surface area contributed by atoms with Crippen LogP contribution in [0, 0.1) is 5.92 Å². The van der Waals surface area contributed by atoms with Crippen molar-refractivity contribution in [3.63, 3.8) is 0 Å². The number of nitrogens with zero attached hydrogens (tertiary/aromatic N) is 2. The third-order valence-corrected chi connectivity index (χ3v) is 6.30. The van der Waals surface area contributed by atoms with Crippen LogP contribution >= 0.6 is 0 Å². The number of hydrogen-bond acceptors (Lipinski definition) is 4. The third kappa shape index (κ3) is 3.74. The van der Waals surface area contributed by atoms with E-state index in [-0.39, 0.29) is 17.9 Å². The molecule has 2 heterocycles. The molecule has 142 valence electrons. The summed E-state index contributed by atoms with van der Waals surface area (Å²) in [5, 5.41) is 3.27. The highest BCUT2D eigenvalue weighted by atomic mass is 16.5. The van der Waals surface area contributed by atoms with Gasteiger partial charge in [0.2, 0.25) is 5.91 Å². The van der Waals surface area contributed by atoms with Gasteiger partial charge in [-0.15, -0.1) is 0 Å². The van der Waals surface area contributed by atoms with E-state index in [2.05, 4.69) is 40.4 Å². The zero-order valence-corrected chi connectivity index (χ0v) is 15.9. The number of carbonyl (C=O) groups is 1. The monoisotopic (exact) mass is 357 g/mol. The summed E-state index contributed by atoms with van der Waals surface area (Å²) < 4.78 is 5.55. The molecular weight excluding hydrogens is 326 g/mol. The fourth-order valence-corrected chi connectivity index (χ4v) is 4.67. The molecule has 0 radical (unpaired) electrons. The molecule has 1 saturated carbocycles. The van der Waals surface area contributed by atoms with E-state index in [0.29, 0.717) is 6.54 Å². The molecule has 5 heteroatoms. The highest BCUT2D eigenvalue weighted by Crippen LogP contribution is 2.31. The van der Waals surface area contributed by atoms with Crippen LogP contribution in [-0.4, -0.2) is 57.2 Å². The Morgan fingerprint density at radius 1 is 1.23 bits per heavy atom. The zero-order valence-electron chi connectivity index (χ0n) is 15.9. The van der Waals surface area contributed by atoms with Crippen LogP contribution in [0.15, 0.2) is 18.2 Å². The second-order valence-electron chi connectivity index (χ2n) is 7.95. The maximum atomic E-state index is 12.5. The molecule has 1 aromatic rings. The van der Waals surface area contributed by atoms with Crippen LogP contribution in [0.4, 0.5) is 5.69 Å². The van der Waals surface area contributed by atoms with Crippen molar-refractivity contribution >= 4 is 11.6 Å². The summed E-state index contributed by atoms with van der Waals surface area (Å²) in [6.07, 6.45) is 5.62. The van der Waals surface area contributed by atoms with Gasteiger partial charge in [0.05, 0.1) is 19.3 Å². The number of fused-ring (bicyclic) bond motifs is 1. The Hall–Kier alpha value is -1.59. The van der Waals surface area contributed by atoms with Crippen LogP contribution in [0.3, 0.4) is 0 Å². The molecule has 0 bridgehead atoms. The van der Waals surface area contributed by atoms with Crippen LogP contribution in [0.25, 0.3) is 0 Å². The van der Waals surface area contributed by atoms with E-state index >= 15 is 0 Å². The molecule has 3 aliphatic rings. The molecular formula is C21H31N3O2. The number of benzene rings is 1. The SMILES string of the molecule is CN1CCc2cc([C@H](CNC(=O)C3CCCC3)N3CCOCC3)ccc21. The minimum Gasteiger partial charge on any atom is -0.379 e. The summed E-state index contributed by atoms with van der Waals surface area (Å²) in [5.41, 5.74) is 4.11. The molecule has 0 spiro atoms. The molecule has 2 fully saturated rings. The van der Waals surface area contributed by atoms with Crippen LogP contribution < -0.4 is 10.2 Å². The van der Waals surface area contributed by atoms with Gasteiger partial charge in [-0.25, -0.2) is 0 Å².